The molecule has 1 atom stereocenters. The van der Waals surface area contributed by atoms with Crippen LogP contribution < -0.4 is 0 Å². The Bertz CT molecular complexity index is 122. The van der Waals surface area contributed by atoms with Crippen LogP contribution in [-0.4, -0.2) is 51.7 Å². The predicted octanol–water partition coefficient (Wildman–Crippen LogP) is -1.80. The van der Waals surface area contributed by atoms with E-state index in [4.69, 9.17) is 10.2 Å². The molecule has 0 fully saturated rings. The Morgan fingerprint density at radius 1 is 1.56 bits per heavy atom. The Labute approximate surface area is 60.4 Å². The molecule has 0 saturated carbocycles. The van der Waals surface area contributed by atoms with E-state index in [1.54, 1.807) is 0 Å². The van der Waals surface area contributed by atoms with Crippen molar-refractivity contribution in [3.63, 3.8) is 0 Å². The summed E-state index contributed by atoms with van der Waals surface area (Å²) in [4.78, 5) is 0. The summed E-state index contributed by atoms with van der Waals surface area (Å²) in [7, 11) is 0. The molecule has 9 heavy (non-hydrogen) atoms. The van der Waals surface area contributed by atoms with E-state index in [0.717, 1.165) is 0 Å². The van der Waals surface area contributed by atoms with Crippen LogP contribution >= 0.6 is 0 Å². The molecule has 0 aliphatic carbocycles. The van der Waals surface area contributed by atoms with Crippen molar-refractivity contribution in [1.29, 1.82) is 0 Å². The SMILES string of the molecule is [O]=[Bi](=[O])[O]CC(O)CO. The molecule has 5 nitrogen and oxygen atoms in total. The van der Waals surface area contributed by atoms with Crippen LogP contribution in [0.15, 0.2) is 0 Å². The van der Waals surface area contributed by atoms with Crippen molar-refractivity contribution in [2.75, 3.05) is 13.2 Å². The van der Waals surface area contributed by atoms with Gasteiger partial charge in [-0.05, 0) is 0 Å². The average molecular weight is 332 g/mol. The summed E-state index contributed by atoms with van der Waals surface area (Å²) in [5, 5.41) is 16.6. The molecule has 1 unspecified atom stereocenters. The van der Waals surface area contributed by atoms with Gasteiger partial charge in [0, 0.05) is 0 Å². The minimum absolute atomic E-state index is 0.318. The predicted molar refractivity (Wildman–Crippen MR) is 26.2 cm³/mol. The zero-order valence-electron chi connectivity index (χ0n) is 4.56. The zero-order chi connectivity index (χ0) is 7.28. The molecular weight excluding hydrogens is 325 g/mol. The van der Waals surface area contributed by atoms with Crippen molar-refractivity contribution < 1.29 is 18.7 Å². The van der Waals surface area contributed by atoms with E-state index < -0.39 is 34.9 Å². The van der Waals surface area contributed by atoms with E-state index in [9.17, 15) is 5.63 Å². The Morgan fingerprint density at radius 2 is 2.11 bits per heavy atom. The van der Waals surface area contributed by atoms with Gasteiger partial charge < -0.3 is 0 Å². The van der Waals surface area contributed by atoms with Crippen LogP contribution in [-0.2, 0) is 8.44 Å². The number of aliphatic hydroxyl groups excluding tert-OH is 2. The van der Waals surface area contributed by atoms with Crippen LogP contribution in [0.25, 0.3) is 0 Å². The van der Waals surface area contributed by atoms with Gasteiger partial charge in [0.15, 0.2) is 0 Å². The van der Waals surface area contributed by atoms with Crippen LogP contribution in [0.4, 0.5) is 0 Å². The molecule has 0 saturated heterocycles. The summed E-state index contributed by atoms with van der Waals surface area (Å²) in [6.45, 7) is -0.793. The molecule has 0 heterocycles. The molecule has 0 rings (SSSR count). The second kappa shape index (κ2) is 5.17. The summed E-state index contributed by atoms with van der Waals surface area (Å²) in [5.41, 5.74) is 0. The van der Waals surface area contributed by atoms with Gasteiger partial charge in [0.05, 0.1) is 0 Å². The Kier molecular flexibility index (Phi) is 5.38. The first kappa shape index (κ1) is 9.36. The first-order valence-electron chi connectivity index (χ1n) is 2.23. The second-order valence-corrected chi connectivity index (χ2v) is 4.10. The summed E-state index contributed by atoms with van der Waals surface area (Å²) < 4.78 is 23.6. The van der Waals surface area contributed by atoms with Crippen LogP contribution in [0.2, 0.25) is 0 Å². The van der Waals surface area contributed by atoms with Gasteiger partial charge in [-0.3, -0.25) is 0 Å². The number of rotatable bonds is 4. The maximum atomic E-state index is 9.78. The summed E-state index contributed by atoms with van der Waals surface area (Å²) in [6.07, 6.45) is -1.08. The van der Waals surface area contributed by atoms with Gasteiger partial charge >= 0.3 is 60.2 Å². The third-order valence-electron chi connectivity index (χ3n) is 0.583. The van der Waals surface area contributed by atoms with Crippen molar-refractivity contribution >= 4 is 22.2 Å². The van der Waals surface area contributed by atoms with Crippen LogP contribution in [0, 0.1) is 0 Å². The molecule has 0 spiro atoms. The van der Waals surface area contributed by atoms with Crippen LogP contribution in [0.3, 0.4) is 0 Å². The zero-order valence-corrected chi connectivity index (χ0v) is 8.04. The van der Waals surface area contributed by atoms with Gasteiger partial charge in [0.1, 0.15) is 0 Å². The van der Waals surface area contributed by atoms with E-state index in [-0.39, 0.29) is 6.61 Å². The Balaban J connectivity index is 3.27. The quantitative estimate of drug-likeness (QED) is 0.594. The van der Waals surface area contributed by atoms with Crippen LogP contribution in [0.5, 0.6) is 0 Å². The fraction of sp³-hybridized carbons (Fsp3) is 1.00. The summed E-state index contributed by atoms with van der Waals surface area (Å²) in [6, 6.07) is 0. The standard InChI is InChI=1S/C3H7O3.Bi.2O/c4-1-3(6)2-5;;;/h3-4,6H,1-2H2;;;/q-1;+1;;. The molecule has 0 aromatic rings. The van der Waals surface area contributed by atoms with Gasteiger partial charge in [-0.15, -0.1) is 0 Å². The third kappa shape index (κ3) is 6.25. The fourth-order valence-electron chi connectivity index (χ4n) is 0.200. The molecule has 54 valence electrons. The molecule has 2 N–H and O–H groups in total. The van der Waals surface area contributed by atoms with E-state index in [2.05, 4.69) is 2.81 Å². The van der Waals surface area contributed by atoms with Gasteiger partial charge in [0.25, 0.3) is 0 Å². The number of aliphatic hydroxyl groups is 2. The van der Waals surface area contributed by atoms with Crippen molar-refractivity contribution in [3.8, 4) is 0 Å². The van der Waals surface area contributed by atoms with Crippen LogP contribution in [0.1, 0.15) is 0 Å². The summed E-state index contributed by atoms with van der Waals surface area (Å²) >= 11 is -4.04. The van der Waals surface area contributed by atoms with Gasteiger partial charge in [-0.25, -0.2) is 0 Å². The first-order valence-corrected chi connectivity index (χ1v) is 6.49. The van der Waals surface area contributed by atoms with Gasteiger partial charge in [-0.2, -0.15) is 0 Å². The molecule has 0 amide bonds. The number of hydrogen-bond donors (Lipinski definition) is 2. The van der Waals surface area contributed by atoms with E-state index in [1.165, 1.54) is 0 Å². The molecule has 0 radical (unpaired) electrons. The summed E-state index contributed by atoms with van der Waals surface area (Å²) in [5.74, 6) is 0. The molecule has 6 heteroatoms. The van der Waals surface area contributed by atoms with Crippen molar-refractivity contribution in [1.82, 2.24) is 0 Å². The molecule has 0 aliphatic heterocycles. The molecular formula is C3H7BiO5. The maximum absolute atomic E-state index is 9.78. The average Bonchev–Trinajstić information content (AvgIpc) is 1.83. The molecule has 0 bridgehead atoms. The second-order valence-electron chi connectivity index (χ2n) is 1.36. The third-order valence-corrected chi connectivity index (χ3v) is 1.98. The fourth-order valence-corrected chi connectivity index (χ4v) is 1.34. The molecule has 0 aromatic heterocycles. The van der Waals surface area contributed by atoms with Crippen molar-refractivity contribution in [3.05, 3.63) is 0 Å². The molecule has 0 aliphatic rings. The van der Waals surface area contributed by atoms with E-state index >= 15 is 0 Å². The Hall–Kier alpha value is 0.363. The first-order chi connectivity index (χ1) is 4.16. The molecule has 0 aromatic carbocycles. The van der Waals surface area contributed by atoms with E-state index in [1.807, 2.05) is 0 Å². The van der Waals surface area contributed by atoms with Crippen molar-refractivity contribution in [2.45, 2.75) is 6.10 Å². The normalized spacial score (nSPS) is 13.1. The Morgan fingerprint density at radius 3 is 2.44 bits per heavy atom. The number of hydrogen-bond acceptors (Lipinski definition) is 5. The monoisotopic (exact) mass is 332 g/mol. The minimum atomic E-state index is -4.04. The van der Waals surface area contributed by atoms with Gasteiger partial charge in [-0.1, -0.05) is 0 Å². The topological polar surface area (TPSA) is 83.8 Å². The van der Waals surface area contributed by atoms with E-state index in [0.29, 0.717) is 0 Å². The van der Waals surface area contributed by atoms with Gasteiger partial charge in [0.2, 0.25) is 0 Å². The van der Waals surface area contributed by atoms with Crippen molar-refractivity contribution in [2.24, 2.45) is 0 Å².